The first-order chi connectivity index (χ1) is 8.74. The van der Waals surface area contributed by atoms with E-state index in [1.165, 1.54) is 11.1 Å². The fraction of sp³-hybridized carbons (Fsp3) is 0.357. The first kappa shape index (κ1) is 11.3. The number of nitrogen functional groups attached to an aromatic ring is 1. The Bertz CT molecular complexity index is 533. The molecule has 1 aliphatic rings. The summed E-state index contributed by atoms with van der Waals surface area (Å²) in [4.78, 5) is 7.44. The number of H-pyrrole nitrogens is 1. The molecule has 0 radical (unpaired) electrons. The van der Waals surface area contributed by atoms with Crippen LogP contribution in [0.1, 0.15) is 42.4 Å². The fourth-order valence-electron chi connectivity index (χ4n) is 2.71. The van der Waals surface area contributed by atoms with Crippen LogP contribution in [0, 0.1) is 0 Å². The van der Waals surface area contributed by atoms with E-state index in [-0.39, 0.29) is 6.04 Å². The molecule has 3 rings (SSSR count). The van der Waals surface area contributed by atoms with Gasteiger partial charge in [0.2, 0.25) is 0 Å². The number of hydrogen-bond acceptors (Lipinski definition) is 3. The van der Waals surface area contributed by atoms with E-state index in [0.29, 0.717) is 6.04 Å². The van der Waals surface area contributed by atoms with Crippen LogP contribution < -0.4 is 11.1 Å². The van der Waals surface area contributed by atoms with Gasteiger partial charge in [-0.2, -0.15) is 0 Å². The van der Waals surface area contributed by atoms with Gasteiger partial charge in [0, 0.05) is 24.1 Å². The Morgan fingerprint density at radius 2 is 2.39 bits per heavy atom. The molecular formula is C14H18N4. The lowest BCUT2D eigenvalue weighted by Crippen LogP contribution is -2.23. The second-order valence-electron chi connectivity index (χ2n) is 4.91. The third-order valence-electron chi connectivity index (χ3n) is 3.63. The zero-order valence-corrected chi connectivity index (χ0v) is 10.5. The second kappa shape index (κ2) is 4.46. The maximum Gasteiger partial charge on any atom is 0.122 e. The van der Waals surface area contributed by atoms with Gasteiger partial charge in [0.1, 0.15) is 5.82 Å². The van der Waals surface area contributed by atoms with Gasteiger partial charge >= 0.3 is 0 Å². The molecule has 0 spiro atoms. The Balaban J connectivity index is 1.77. The summed E-state index contributed by atoms with van der Waals surface area (Å²) in [5.74, 6) is 0.985. The average Bonchev–Trinajstić information content (AvgIpc) is 2.98. The van der Waals surface area contributed by atoms with Crippen LogP contribution in [-0.2, 0) is 6.42 Å². The molecule has 0 amide bonds. The van der Waals surface area contributed by atoms with Crippen molar-refractivity contribution in [1.82, 2.24) is 15.3 Å². The minimum absolute atomic E-state index is 0.230. The molecule has 18 heavy (non-hydrogen) atoms. The van der Waals surface area contributed by atoms with Crippen molar-refractivity contribution in [2.45, 2.75) is 31.8 Å². The molecule has 2 unspecified atom stereocenters. The van der Waals surface area contributed by atoms with Crippen LogP contribution in [0.25, 0.3) is 0 Å². The molecule has 0 fully saturated rings. The van der Waals surface area contributed by atoms with Gasteiger partial charge in [-0.3, -0.25) is 0 Å². The molecule has 0 saturated heterocycles. The van der Waals surface area contributed by atoms with Crippen LogP contribution >= 0.6 is 0 Å². The number of aromatic nitrogens is 2. The minimum atomic E-state index is 0.230. The molecule has 4 nitrogen and oxygen atoms in total. The second-order valence-corrected chi connectivity index (χ2v) is 4.91. The molecule has 0 saturated carbocycles. The molecular weight excluding hydrogens is 224 g/mol. The number of rotatable bonds is 3. The number of nitrogens with two attached hydrogens (primary N) is 1. The SMILES string of the molecule is CC(NC1CCc2cc(N)ccc21)c1ncc[nH]1. The van der Waals surface area contributed by atoms with E-state index in [1.807, 2.05) is 12.3 Å². The first-order valence-electron chi connectivity index (χ1n) is 6.37. The minimum Gasteiger partial charge on any atom is -0.399 e. The summed E-state index contributed by atoms with van der Waals surface area (Å²) in [6.07, 6.45) is 5.88. The lowest BCUT2D eigenvalue weighted by Gasteiger charge is -2.19. The Morgan fingerprint density at radius 1 is 1.50 bits per heavy atom. The predicted molar refractivity (Wildman–Crippen MR) is 72.1 cm³/mol. The van der Waals surface area contributed by atoms with Crippen molar-refractivity contribution < 1.29 is 0 Å². The Hall–Kier alpha value is -1.81. The Morgan fingerprint density at radius 3 is 3.17 bits per heavy atom. The number of imidazole rings is 1. The van der Waals surface area contributed by atoms with E-state index in [0.717, 1.165) is 24.4 Å². The summed E-state index contributed by atoms with van der Waals surface area (Å²) in [5.41, 5.74) is 9.43. The highest BCUT2D eigenvalue weighted by atomic mass is 15.0. The summed E-state index contributed by atoms with van der Waals surface area (Å²) >= 11 is 0. The quantitative estimate of drug-likeness (QED) is 0.724. The zero-order valence-electron chi connectivity index (χ0n) is 10.5. The number of fused-ring (bicyclic) bond motifs is 1. The normalized spacial score (nSPS) is 19.7. The van der Waals surface area contributed by atoms with E-state index in [2.05, 4.69) is 34.3 Å². The van der Waals surface area contributed by atoms with Crippen molar-refractivity contribution in [2.24, 2.45) is 0 Å². The lowest BCUT2D eigenvalue weighted by molar-refractivity contribution is 0.452. The fourth-order valence-corrected chi connectivity index (χ4v) is 2.71. The van der Waals surface area contributed by atoms with Crippen molar-refractivity contribution in [1.29, 1.82) is 0 Å². The lowest BCUT2D eigenvalue weighted by atomic mass is 10.1. The maximum atomic E-state index is 5.82. The third-order valence-corrected chi connectivity index (χ3v) is 3.63. The molecule has 94 valence electrons. The monoisotopic (exact) mass is 242 g/mol. The highest BCUT2D eigenvalue weighted by Crippen LogP contribution is 2.33. The molecule has 2 atom stereocenters. The largest absolute Gasteiger partial charge is 0.399 e. The van der Waals surface area contributed by atoms with Gasteiger partial charge < -0.3 is 16.0 Å². The van der Waals surface area contributed by atoms with Gasteiger partial charge in [-0.15, -0.1) is 0 Å². The number of aryl methyl sites for hydroxylation is 1. The Kier molecular flexibility index (Phi) is 2.80. The summed E-state index contributed by atoms with van der Waals surface area (Å²) in [7, 11) is 0. The molecule has 1 aliphatic carbocycles. The van der Waals surface area contributed by atoms with Gasteiger partial charge in [-0.25, -0.2) is 4.98 Å². The highest BCUT2D eigenvalue weighted by molar-refractivity contribution is 5.47. The average molecular weight is 242 g/mol. The van der Waals surface area contributed by atoms with Crippen LogP contribution in [0.4, 0.5) is 5.69 Å². The number of benzene rings is 1. The van der Waals surface area contributed by atoms with Gasteiger partial charge in [0.05, 0.1) is 6.04 Å². The van der Waals surface area contributed by atoms with E-state index >= 15 is 0 Å². The molecule has 4 N–H and O–H groups in total. The van der Waals surface area contributed by atoms with E-state index in [1.54, 1.807) is 6.20 Å². The third kappa shape index (κ3) is 1.99. The topological polar surface area (TPSA) is 66.7 Å². The molecule has 4 heteroatoms. The molecule has 1 aromatic heterocycles. The number of anilines is 1. The van der Waals surface area contributed by atoms with Gasteiger partial charge in [-0.05, 0) is 43.0 Å². The zero-order chi connectivity index (χ0) is 12.5. The standard InChI is InChI=1S/C14H18N4/c1-9(14-16-6-7-17-14)18-13-5-2-10-8-11(15)3-4-12(10)13/h3-4,6-9,13,18H,2,5,15H2,1H3,(H,16,17). The molecule has 0 bridgehead atoms. The molecule has 2 aromatic rings. The van der Waals surface area contributed by atoms with Crippen molar-refractivity contribution in [3.05, 3.63) is 47.5 Å². The van der Waals surface area contributed by atoms with Crippen LogP contribution in [0.5, 0.6) is 0 Å². The first-order valence-corrected chi connectivity index (χ1v) is 6.37. The van der Waals surface area contributed by atoms with Crippen LogP contribution in [-0.4, -0.2) is 9.97 Å². The van der Waals surface area contributed by atoms with Gasteiger partial charge in [0.25, 0.3) is 0 Å². The van der Waals surface area contributed by atoms with E-state index in [4.69, 9.17) is 5.73 Å². The highest BCUT2D eigenvalue weighted by Gasteiger charge is 2.24. The van der Waals surface area contributed by atoms with Gasteiger partial charge in [-0.1, -0.05) is 6.07 Å². The summed E-state index contributed by atoms with van der Waals surface area (Å²) in [6, 6.07) is 6.85. The smallest absolute Gasteiger partial charge is 0.122 e. The maximum absolute atomic E-state index is 5.82. The predicted octanol–water partition coefficient (Wildman–Crippen LogP) is 2.33. The molecule has 1 aromatic carbocycles. The van der Waals surface area contributed by atoms with Crippen LogP contribution in [0.3, 0.4) is 0 Å². The molecule has 1 heterocycles. The Labute approximate surface area is 107 Å². The van der Waals surface area contributed by atoms with Crippen LogP contribution in [0.2, 0.25) is 0 Å². The summed E-state index contributed by atoms with van der Waals surface area (Å²) in [5, 5.41) is 3.62. The number of aromatic amines is 1. The van der Waals surface area contributed by atoms with E-state index < -0.39 is 0 Å². The molecule has 0 aliphatic heterocycles. The van der Waals surface area contributed by atoms with Gasteiger partial charge in [0.15, 0.2) is 0 Å². The number of nitrogens with one attached hydrogen (secondary N) is 2. The summed E-state index contributed by atoms with van der Waals surface area (Å²) < 4.78 is 0. The van der Waals surface area contributed by atoms with Crippen molar-refractivity contribution in [3.8, 4) is 0 Å². The van der Waals surface area contributed by atoms with E-state index in [9.17, 15) is 0 Å². The van der Waals surface area contributed by atoms with Crippen molar-refractivity contribution in [3.63, 3.8) is 0 Å². The number of hydrogen-bond donors (Lipinski definition) is 3. The van der Waals surface area contributed by atoms with Crippen molar-refractivity contribution in [2.75, 3.05) is 5.73 Å². The summed E-state index contributed by atoms with van der Waals surface area (Å²) in [6.45, 7) is 2.13. The number of nitrogens with zero attached hydrogens (tertiary/aromatic N) is 1. The van der Waals surface area contributed by atoms with Crippen LogP contribution in [0.15, 0.2) is 30.6 Å². The van der Waals surface area contributed by atoms with Crippen molar-refractivity contribution >= 4 is 5.69 Å².